The molecule has 0 unspecified atom stereocenters. The van der Waals surface area contributed by atoms with Crippen molar-refractivity contribution in [3.05, 3.63) is 10.4 Å². The zero-order valence-corrected chi connectivity index (χ0v) is 8.42. The molecule has 0 aromatic heterocycles. The first-order valence-corrected chi connectivity index (χ1v) is 5.12. The molecule has 0 aromatic carbocycles. The third-order valence-electron chi connectivity index (χ3n) is 1.29. The summed E-state index contributed by atoms with van der Waals surface area (Å²) in [5, 5.41) is 3.40. The molecule has 0 aliphatic heterocycles. The monoisotopic (exact) mass is 203 g/mol. The van der Waals surface area contributed by atoms with Gasteiger partial charge in [0.2, 0.25) is 0 Å². The molecule has 0 fully saturated rings. The average Bonchev–Trinajstić information content (AvgIpc) is 2.16. The van der Waals surface area contributed by atoms with Crippen LogP contribution < -0.4 is 0 Å². The number of azide groups is 1. The zero-order valence-electron chi connectivity index (χ0n) is 7.60. The molecule has 74 valence electrons. The molecule has 0 saturated carbocycles. The van der Waals surface area contributed by atoms with Gasteiger partial charge in [-0.1, -0.05) is 5.11 Å². The Morgan fingerprint density at radius 3 is 3.00 bits per heavy atom. The molecule has 0 aromatic rings. The summed E-state index contributed by atoms with van der Waals surface area (Å²) < 4.78 is 4.48. The molecular formula is C7H13N3O2S. The number of carbonyl (C=O) groups is 1. The standard InChI is InChI=1S/C7H13N3O2S/c1-12-7(11)3-6-13-5-2-4-9-10-8/h2-6H2,1H3. The van der Waals surface area contributed by atoms with Gasteiger partial charge in [0.15, 0.2) is 0 Å². The van der Waals surface area contributed by atoms with E-state index < -0.39 is 0 Å². The molecule has 0 saturated heterocycles. The van der Waals surface area contributed by atoms with Gasteiger partial charge in [-0.3, -0.25) is 4.79 Å². The predicted octanol–water partition coefficient (Wildman–Crippen LogP) is 1.98. The van der Waals surface area contributed by atoms with Crippen molar-refractivity contribution in [2.24, 2.45) is 5.11 Å². The van der Waals surface area contributed by atoms with Crippen molar-refractivity contribution < 1.29 is 9.53 Å². The molecule has 0 spiro atoms. The van der Waals surface area contributed by atoms with Crippen LogP contribution in [0.2, 0.25) is 0 Å². The van der Waals surface area contributed by atoms with E-state index >= 15 is 0 Å². The van der Waals surface area contributed by atoms with E-state index in [0.717, 1.165) is 17.9 Å². The Balaban J connectivity index is 3.08. The second-order valence-corrected chi connectivity index (χ2v) is 3.47. The van der Waals surface area contributed by atoms with Crippen LogP contribution in [0.3, 0.4) is 0 Å². The lowest BCUT2D eigenvalue weighted by Gasteiger charge is -1.98. The lowest BCUT2D eigenvalue weighted by molar-refractivity contribution is -0.140. The van der Waals surface area contributed by atoms with Crippen LogP contribution in [0.4, 0.5) is 0 Å². The molecule has 5 nitrogen and oxygen atoms in total. The highest BCUT2D eigenvalue weighted by molar-refractivity contribution is 7.99. The van der Waals surface area contributed by atoms with Crippen LogP contribution in [0.5, 0.6) is 0 Å². The van der Waals surface area contributed by atoms with Crippen molar-refractivity contribution in [2.75, 3.05) is 25.2 Å². The zero-order chi connectivity index (χ0) is 9.94. The number of methoxy groups -OCH3 is 1. The molecule has 0 bridgehead atoms. The largest absolute Gasteiger partial charge is 0.469 e. The van der Waals surface area contributed by atoms with E-state index in [4.69, 9.17) is 5.53 Å². The lowest BCUT2D eigenvalue weighted by Crippen LogP contribution is -2.01. The normalized spacial score (nSPS) is 9.00. The van der Waals surface area contributed by atoms with Crippen LogP contribution in [0.25, 0.3) is 10.4 Å². The van der Waals surface area contributed by atoms with Crippen LogP contribution in [-0.2, 0) is 9.53 Å². The molecule has 0 N–H and O–H groups in total. The minimum absolute atomic E-state index is 0.178. The predicted molar refractivity (Wildman–Crippen MR) is 52.6 cm³/mol. The van der Waals surface area contributed by atoms with Crippen molar-refractivity contribution >= 4 is 17.7 Å². The number of hydrogen-bond acceptors (Lipinski definition) is 4. The summed E-state index contributed by atoms with van der Waals surface area (Å²) >= 11 is 1.66. The smallest absolute Gasteiger partial charge is 0.306 e. The first-order valence-electron chi connectivity index (χ1n) is 3.96. The van der Waals surface area contributed by atoms with Gasteiger partial charge in [-0.15, -0.1) is 0 Å². The molecule has 0 rings (SSSR count). The summed E-state index contributed by atoms with van der Waals surface area (Å²) in [6, 6.07) is 0. The van der Waals surface area contributed by atoms with Gasteiger partial charge in [0.25, 0.3) is 0 Å². The van der Waals surface area contributed by atoms with E-state index in [0.29, 0.717) is 13.0 Å². The third-order valence-corrected chi connectivity index (χ3v) is 2.36. The molecule has 6 heteroatoms. The summed E-state index contributed by atoms with van der Waals surface area (Å²) in [5.74, 6) is 1.50. The Kier molecular flexibility index (Phi) is 8.60. The third kappa shape index (κ3) is 9.04. The van der Waals surface area contributed by atoms with Crippen LogP contribution in [-0.4, -0.2) is 31.1 Å². The molecule has 0 aliphatic carbocycles. The molecular weight excluding hydrogens is 190 g/mol. The first kappa shape index (κ1) is 12.1. The Bertz CT molecular complexity index is 192. The number of carbonyl (C=O) groups excluding carboxylic acids is 1. The Labute approximate surface area is 81.5 Å². The molecule has 0 aliphatic rings. The molecule has 0 amide bonds. The van der Waals surface area contributed by atoms with Gasteiger partial charge in [-0.05, 0) is 17.7 Å². The molecule has 0 heterocycles. The Hall–Kier alpha value is -0.870. The van der Waals surface area contributed by atoms with Gasteiger partial charge in [0.1, 0.15) is 0 Å². The highest BCUT2D eigenvalue weighted by atomic mass is 32.2. The van der Waals surface area contributed by atoms with Crippen LogP contribution in [0.15, 0.2) is 5.11 Å². The van der Waals surface area contributed by atoms with Crippen molar-refractivity contribution in [2.45, 2.75) is 12.8 Å². The van der Waals surface area contributed by atoms with E-state index in [9.17, 15) is 4.79 Å². The fourth-order valence-electron chi connectivity index (χ4n) is 0.642. The summed E-state index contributed by atoms with van der Waals surface area (Å²) in [7, 11) is 1.38. The summed E-state index contributed by atoms with van der Waals surface area (Å²) in [6.45, 7) is 0.529. The molecule has 0 atom stereocenters. The average molecular weight is 203 g/mol. The number of hydrogen-bond donors (Lipinski definition) is 0. The maximum absolute atomic E-state index is 10.6. The highest BCUT2D eigenvalue weighted by Gasteiger charge is 1.98. The molecule has 0 radical (unpaired) electrons. The van der Waals surface area contributed by atoms with Crippen molar-refractivity contribution in [3.8, 4) is 0 Å². The van der Waals surface area contributed by atoms with Crippen molar-refractivity contribution in [3.63, 3.8) is 0 Å². The SMILES string of the molecule is COC(=O)CCSCCCN=[N+]=[N-]. The van der Waals surface area contributed by atoms with Crippen molar-refractivity contribution in [1.29, 1.82) is 0 Å². The first-order chi connectivity index (χ1) is 6.31. The van der Waals surface area contributed by atoms with Gasteiger partial charge < -0.3 is 4.74 Å². The van der Waals surface area contributed by atoms with E-state index in [1.165, 1.54) is 7.11 Å². The van der Waals surface area contributed by atoms with Gasteiger partial charge in [-0.2, -0.15) is 11.8 Å². The quantitative estimate of drug-likeness (QED) is 0.209. The van der Waals surface area contributed by atoms with Crippen LogP contribution in [0, 0.1) is 0 Å². The van der Waals surface area contributed by atoms with Gasteiger partial charge >= 0.3 is 5.97 Å². The van der Waals surface area contributed by atoms with Crippen molar-refractivity contribution in [1.82, 2.24) is 0 Å². The number of rotatable bonds is 7. The van der Waals surface area contributed by atoms with Gasteiger partial charge in [0, 0.05) is 17.2 Å². The van der Waals surface area contributed by atoms with Gasteiger partial charge in [-0.25, -0.2) is 0 Å². The Morgan fingerprint density at radius 1 is 1.62 bits per heavy atom. The minimum atomic E-state index is -0.178. The number of esters is 1. The fourth-order valence-corrected chi connectivity index (χ4v) is 1.49. The maximum atomic E-state index is 10.6. The maximum Gasteiger partial charge on any atom is 0.306 e. The van der Waals surface area contributed by atoms with E-state index in [2.05, 4.69) is 14.8 Å². The van der Waals surface area contributed by atoms with Crippen LogP contribution >= 0.6 is 11.8 Å². The summed E-state index contributed by atoms with van der Waals surface area (Å²) in [5.41, 5.74) is 7.96. The minimum Gasteiger partial charge on any atom is -0.469 e. The summed E-state index contributed by atoms with van der Waals surface area (Å²) in [6.07, 6.45) is 1.30. The number of thioether (sulfide) groups is 1. The second-order valence-electron chi connectivity index (χ2n) is 2.25. The number of ether oxygens (including phenoxy) is 1. The highest BCUT2D eigenvalue weighted by Crippen LogP contribution is 2.04. The topological polar surface area (TPSA) is 75.1 Å². The van der Waals surface area contributed by atoms with Crippen LogP contribution in [0.1, 0.15) is 12.8 Å². The lowest BCUT2D eigenvalue weighted by atomic mass is 10.5. The van der Waals surface area contributed by atoms with E-state index in [1.807, 2.05) is 0 Å². The Morgan fingerprint density at radius 2 is 2.38 bits per heavy atom. The summed E-state index contributed by atoms with van der Waals surface area (Å²) in [4.78, 5) is 13.3. The van der Waals surface area contributed by atoms with E-state index in [-0.39, 0.29) is 5.97 Å². The van der Waals surface area contributed by atoms with Gasteiger partial charge in [0.05, 0.1) is 13.5 Å². The fraction of sp³-hybridized carbons (Fsp3) is 0.857. The molecule has 13 heavy (non-hydrogen) atoms. The second kappa shape index (κ2) is 9.22. The van der Waals surface area contributed by atoms with E-state index in [1.54, 1.807) is 11.8 Å². The number of nitrogens with zero attached hydrogens (tertiary/aromatic N) is 3.